The van der Waals surface area contributed by atoms with Crippen LogP contribution in [0.5, 0.6) is 0 Å². The van der Waals surface area contributed by atoms with Gasteiger partial charge < -0.3 is 5.32 Å². The lowest BCUT2D eigenvalue weighted by Gasteiger charge is -2.44. The van der Waals surface area contributed by atoms with Gasteiger partial charge in [0.15, 0.2) is 15.0 Å². The molecule has 2 amide bonds. The van der Waals surface area contributed by atoms with Crippen molar-refractivity contribution in [3.63, 3.8) is 0 Å². The molecule has 1 aliphatic rings. The molecule has 1 N–H and O–H groups in total. The fraction of sp³-hybridized carbons (Fsp3) is 0.500. The van der Waals surface area contributed by atoms with Crippen molar-refractivity contribution in [1.29, 1.82) is 0 Å². The van der Waals surface area contributed by atoms with E-state index in [9.17, 15) is 26.8 Å². The molecule has 12 heteroatoms. The number of aryl methyl sites for hydroxylation is 1. The van der Waals surface area contributed by atoms with Gasteiger partial charge in [-0.05, 0) is 32.1 Å². The number of carbonyl (C=O) groups excluding carboxylic acids is 2. The van der Waals surface area contributed by atoms with Crippen molar-refractivity contribution >= 4 is 43.8 Å². The van der Waals surface area contributed by atoms with Gasteiger partial charge in [-0.1, -0.05) is 13.8 Å². The number of rotatable bonds is 6. The molecule has 0 saturated heterocycles. The molecule has 2 unspecified atom stereocenters. The van der Waals surface area contributed by atoms with Gasteiger partial charge in [0.05, 0.1) is 5.69 Å². The van der Waals surface area contributed by atoms with Gasteiger partial charge in [-0.2, -0.15) is 13.8 Å². The molecule has 0 aromatic carbocycles. The summed E-state index contributed by atoms with van der Waals surface area (Å²) in [5.74, 6) is -3.77. The molecule has 32 heavy (non-hydrogen) atoms. The Labute approximate surface area is 189 Å². The lowest BCUT2D eigenvalue weighted by molar-refractivity contribution is -0.117. The monoisotopic (exact) mass is 486 g/mol. The van der Waals surface area contributed by atoms with Crippen LogP contribution in [0.4, 0.5) is 19.6 Å². The molecule has 174 valence electrons. The summed E-state index contributed by atoms with van der Waals surface area (Å²) in [4.78, 5) is 34.4. The van der Waals surface area contributed by atoms with Crippen molar-refractivity contribution in [3.8, 4) is 0 Å². The molecule has 8 nitrogen and oxygen atoms in total. The number of sulfone groups is 1. The second kappa shape index (κ2) is 8.47. The first-order valence-electron chi connectivity index (χ1n) is 9.85. The van der Waals surface area contributed by atoms with Crippen LogP contribution in [0.15, 0.2) is 12.1 Å². The first kappa shape index (κ1) is 24.2. The van der Waals surface area contributed by atoms with Crippen LogP contribution in [-0.2, 0) is 14.6 Å². The summed E-state index contributed by atoms with van der Waals surface area (Å²) in [5, 5.41) is 1.33. The summed E-state index contributed by atoms with van der Waals surface area (Å²) in [7, 11) is -3.82. The molecule has 0 aliphatic heterocycles. The number of pyridine rings is 1. The molecular weight excluding hydrogens is 462 g/mol. The third kappa shape index (κ3) is 4.80. The van der Waals surface area contributed by atoms with E-state index in [1.54, 1.807) is 6.92 Å². The Hall–Kier alpha value is -2.47. The molecule has 2 atom stereocenters. The highest BCUT2D eigenvalue weighted by Crippen LogP contribution is 2.40. The molecule has 1 saturated carbocycles. The van der Waals surface area contributed by atoms with Crippen LogP contribution >= 0.6 is 11.3 Å². The van der Waals surface area contributed by atoms with Crippen molar-refractivity contribution < 1.29 is 26.8 Å². The zero-order valence-corrected chi connectivity index (χ0v) is 19.9. The summed E-state index contributed by atoms with van der Waals surface area (Å²) in [5.41, 5.74) is -0.259. The van der Waals surface area contributed by atoms with E-state index in [0.717, 1.165) is 47.5 Å². The molecule has 0 bridgehead atoms. The molecule has 3 rings (SSSR count). The van der Waals surface area contributed by atoms with E-state index in [2.05, 4.69) is 15.3 Å². The second-order valence-corrected chi connectivity index (χ2v) is 12.1. The largest absolute Gasteiger partial charge is 0.347 e. The van der Waals surface area contributed by atoms with Crippen molar-refractivity contribution in [1.82, 2.24) is 15.3 Å². The van der Waals surface area contributed by atoms with Crippen molar-refractivity contribution in [2.24, 2.45) is 5.41 Å². The number of nitrogens with one attached hydrogen (secondary N) is 1. The number of halogens is 2. The minimum absolute atomic E-state index is 0.0223. The molecule has 1 fully saturated rings. The molecule has 2 heterocycles. The average Bonchev–Trinajstić information content (AvgIpc) is 3.04. The fourth-order valence-corrected chi connectivity index (χ4v) is 4.73. The number of amides is 2. The Balaban J connectivity index is 2.03. The first-order chi connectivity index (χ1) is 14.7. The number of hydrogen-bond acceptors (Lipinski definition) is 7. The van der Waals surface area contributed by atoms with Gasteiger partial charge in [-0.3, -0.25) is 14.5 Å². The summed E-state index contributed by atoms with van der Waals surface area (Å²) < 4.78 is 51.5. The van der Waals surface area contributed by atoms with Gasteiger partial charge in [0, 0.05) is 29.3 Å². The van der Waals surface area contributed by atoms with Crippen LogP contribution in [-0.4, -0.2) is 47.7 Å². The zero-order chi connectivity index (χ0) is 24.0. The maximum absolute atomic E-state index is 13.8. The summed E-state index contributed by atoms with van der Waals surface area (Å²) in [6.07, 6.45) is 2.69. The highest BCUT2D eigenvalue weighted by molar-refractivity contribution is 7.92. The lowest BCUT2D eigenvalue weighted by Crippen LogP contribution is -2.52. The topological polar surface area (TPSA) is 109 Å². The third-order valence-corrected chi connectivity index (χ3v) is 8.18. The Bertz CT molecular complexity index is 1160. The smallest absolute Gasteiger partial charge is 0.271 e. The van der Waals surface area contributed by atoms with Crippen molar-refractivity contribution in [2.75, 3.05) is 11.2 Å². The molecule has 0 radical (unpaired) electrons. The second-order valence-electron chi connectivity index (χ2n) is 8.57. The van der Waals surface area contributed by atoms with Crippen LogP contribution in [0, 0.1) is 24.2 Å². The average molecular weight is 487 g/mol. The van der Waals surface area contributed by atoms with E-state index in [0.29, 0.717) is 4.88 Å². The maximum Gasteiger partial charge on any atom is 0.271 e. The lowest BCUT2D eigenvalue weighted by atomic mass is 9.67. The highest BCUT2D eigenvalue weighted by Gasteiger charge is 2.40. The van der Waals surface area contributed by atoms with Crippen LogP contribution in [0.2, 0.25) is 0 Å². The third-order valence-electron chi connectivity index (χ3n) is 5.73. The fourth-order valence-electron chi connectivity index (χ4n) is 3.33. The number of carbonyl (C=O) groups is 2. The van der Waals surface area contributed by atoms with Gasteiger partial charge in [-0.25, -0.2) is 13.4 Å². The molecule has 1 aliphatic carbocycles. The van der Waals surface area contributed by atoms with E-state index in [1.165, 1.54) is 6.92 Å². The van der Waals surface area contributed by atoms with Gasteiger partial charge in [-0.15, -0.1) is 11.3 Å². The quantitative estimate of drug-likeness (QED) is 0.629. The predicted molar refractivity (Wildman–Crippen MR) is 117 cm³/mol. The van der Waals surface area contributed by atoms with Crippen LogP contribution in [0.25, 0.3) is 0 Å². The van der Waals surface area contributed by atoms with Crippen molar-refractivity contribution in [3.05, 3.63) is 34.6 Å². The van der Waals surface area contributed by atoms with Crippen LogP contribution in [0.3, 0.4) is 0 Å². The Morgan fingerprint density at radius 2 is 1.84 bits per heavy atom. The SMILES string of the molecule is Cc1sc(N(C(=O)C(C)S(C)(=O)=O)c2cc(F)nc(F)c2)nc1C(=O)NC1CCC1(C)C. The van der Waals surface area contributed by atoms with Gasteiger partial charge >= 0.3 is 0 Å². The van der Waals surface area contributed by atoms with Gasteiger partial charge in [0.25, 0.3) is 11.8 Å². The standard InChI is InChI=1S/C20H24F2N4O4S2/c1-10-16(17(27)23-13-6-7-20(13,3)4)25-19(31-10)26(18(28)11(2)32(5,29)30)12-8-14(21)24-15(22)9-12/h8-9,11,13H,6-7H2,1-5H3,(H,23,27). The normalized spacial score (nSPS) is 18.5. The Kier molecular flexibility index (Phi) is 6.40. The number of anilines is 2. The number of aromatic nitrogens is 2. The van der Waals surface area contributed by atoms with E-state index in [1.807, 2.05) is 13.8 Å². The molecule has 0 spiro atoms. The number of thiazole rings is 1. The van der Waals surface area contributed by atoms with Crippen LogP contribution < -0.4 is 10.2 Å². The number of hydrogen-bond donors (Lipinski definition) is 1. The number of nitrogens with zero attached hydrogens (tertiary/aromatic N) is 3. The van der Waals surface area contributed by atoms with E-state index >= 15 is 0 Å². The van der Waals surface area contributed by atoms with E-state index in [-0.39, 0.29) is 28.0 Å². The predicted octanol–water partition coefficient (Wildman–Crippen LogP) is 3.14. The van der Waals surface area contributed by atoms with Gasteiger partial charge in [0.1, 0.15) is 10.9 Å². The maximum atomic E-state index is 13.8. The molecule has 2 aromatic rings. The van der Waals surface area contributed by atoms with E-state index in [4.69, 9.17) is 0 Å². The van der Waals surface area contributed by atoms with Crippen molar-refractivity contribution in [2.45, 2.75) is 51.8 Å². The highest BCUT2D eigenvalue weighted by atomic mass is 32.2. The minimum atomic E-state index is -3.82. The summed E-state index contributed by atoms with van der Waals surface area (Å²) in [6, 6.07) is 1.57. The van der Waals surface area contributed by atoms with E-state index < -0.39 is 38.8 Å². The van der Waals surface area contributed by atoms with Crippen LogP contribution in [0.1, 0.15) is 49.0 Å². The zero-order valence-electron chi connectivity index (χ0n) is 18.3. The molecule has 2 aromatic heterocycles. The van der Waals surface area contributed by atoms with Gasteiger partial charge in [0.2, 0.25) is 11.9 Å². The molecular formula is C20H24F2N4O4S2. The summed E-state index contributed by atoms with van der Waals surface area (Å²) in [6.45, 7) is 6.88. The first-order valence-corrected chi connectivity index (χ1v) is 12.6. The summed E-state index contributed by atoms with van der Waals surface area (Å²) >= 11 is 0.939. The minimum Gasteiger partial charge on any atom is -0.347 e. The Morgan fingerprint density at radius 3 is 2.31 bits per heavy atom. The Morgan fingerprint density at radius 1 is 1.25 bits per heavy atom.